The largest absolute Gasteiger partial charge is 0.481 e. The Morgan fingerprint density at radius 3 is 2.57 bits per heavy atom. The van der Waals surface area contributed by atoms with Crippen LogP contribution in [0.4, 0.5) is 0 Å². The first-order valence-electron chi connectivity index (χ1n) is 6.70. The van der Waals surface area contributed by atoms with Gasteiger partial charge in [-0.1, -0.05) is 6.07 Å². The fraction of sp³-hybridized carbons (Fsp3) is 0.500. The molecule has 0 aromatic carbocycles. The lowest BCUT2D eigenvalue weighted by molar-refractivity contribution is -0.137. The molecular formula is C14H20N2O4S. The summed E-state index contributed by atoms with van der Waals surface area (Å²) in [5.41, 5.74) is 0. The van der Waals surface area contributed by atoms with E-state index in [1.54, 1.807) is 6.92 Å². The number of amides is 2. The van der Waals surface area contributed by atoms with E-state index in [9.17, 15) is 14.4 Å². The first-order valence-corrected chi connectivity index (χ1v) is 7.58. The van der Waals surface area contributed by atoms with Gasteiger partial charge in [-0.05, 0) is 24.8 Å². The van der Waals surface area contributed by atoms with E-state index in [0.717, 1.165) is 4.88 Å². The van der Waals surface area contributed by atoms with Crippen LogP contribution < -0.4 is 10.6 Å². The Labute approximate surface area is 127 Å². The van der Waals surface area contributed by atoms with Gasteiger partial charge >= 0.3 is 5.97 Å². The van der Waals surface area contributed by atoms with Crippen molar-refractivity contribution in [3.63, 3.8) is 0 Å². The van der Waals surface area contributed by atoms with Crippen molar-refractivity contribution >= 4 is 29.1 Å². The summed E-state index contributed by atoms with van der Waals surface area (Å²) >= 11 is 1.48. The molecule has 0 bridgehead atoms. The Morgan fingerprint density at radius 2 is 2.05 bits per heavy atom. The minimum Gasteiger partial charge on any atom is -0.481 e. The third-order valence-electron chi connectivity index (χ3n) is 2.85. The Hall–Kier alpha value is -1.89. The fourth-order valence-electron chi connectivity index (χ4n) is 1.89. The van der Waals surface area contributed by atoms with Gasteiger partial charge in [-0.25, -0.2) is 0 Å². The van der Waals surface area contributed by atoms with Gasteiger partial charge in [0, 0.05) is 24.3 Å². The van der Waals surface area contributed by atoms with Gasteiger partial charge in [-0.3, -0.25) is 14.4 Å². The van der Waals surface area contributed by atoms with E-state index in [1.807, 2.05) is 17.5 Å². The molecule has 116 valence electrons. The minimum absolute atomic E-state index is 0.0154. The molecule has 0 radical (unpaired) electrons. The fourth-order valence-corrected chi connectivity index (χ4v) is 2.67. The SMILES string of the molecule is CC(=O)NC(CC(=O)NC(C)CCC(=O)O)c1cccs1. The van der Waals surface area contributed by atoms with Crippen LogP contribution in [0.5, 0.6) is 0 Å². The Morgan fingerprint density at radius 1 is 1.33 bits per heavy atom. The van der Waals surface area contributed by atoms with E-state index < -0.39 is 5.97 Å². The van der Waals surface area contributed by atoms with Gasteiger partial charge in [-0.2, -0.15) is 0 Å². The molecule has 0 aliphatic rings. The van der Waals surface area contributed by atoms with Crippen molar-refractivity contribution in [2.75, 3.05) is 0 Å². The number of aliphatic carboxylic acids is 1. The molecule has 1 heterocycles. The molecule has 2 atom stereocenters. The highest BCUT2D eigenvalue weighted by Gasteiger charge is 2.19. The summed E-state index contributed by atoms with van der Waals surface area (Å²) in [6.45, 7) is 3.17. The molecule has 0 aliphatic heterocycles. The number of rotatable bonds is 8. The van der Waals surface area contributed by atoms with Gasteiger partial charge in [-0.15, -0.1) is 11.3 Å². The first-order chi connectivity index (χ1) is 9.88. The minimum atomic E-state index is -0.884. The third kappa shape index (κ3) is 6.89. The number of carboxylic acid groups (broad SMARTS) is 1. The number of carbonyl (C=O) groups excluding carboxylic acids is 2. The monoisotopic (exact) mass is 312 g/mol. The van der Waals surface area contributed by atoms with Gasteiger partial charge in [0.15, 0.2) is 0 Å². The van der Waals surface area contributed by atoms with E-state index >= 15 is 0 Å². The van der Waals surface area contributed by atoms with Crippen LogP contribution in [0.1, 0.15) is 44.0 Å². The zero-order chi connectivity index (χ0) is 15.8. The van der Waals surface area contributed by atoms with Crippen molar-refractivity contribution in [3.05, 3.63) is 22.4 Å². The van der Waals surface area contributed by atoms with Crippen molar-refractivity contribution < 1.29 is 19.5 Å². The molecule has 2 amide bonds. The molecule has 7 heteroatoms. The Bertz CT molecular complexity index is 487. The highest BCUT2D eigenvalue weighted by atomic mass is 32.1. The third-order valence-corrected chi connectivity index (χ3v) is 3.84. The highest BCUT2D eigenvalue weighted by molar-refractivity contribution is 7.10. The van der Waals surface area contributed by atoms with Gasteiger partial charge in [0.25, 0.3) is 0 Å². The van der Waals surface area contributed by atoms with Crippen LogP contribution in [0.15, 0.2) is 17.5 Å². The molecule has 0 aliphatic carbocycles. The normalized spacial score (nSPS) is 13.2. The Balaban J connectivity index is 2.52. The predicted molar refractivity (Wildman–Crippen MR) is 80.0 cm³/mol. The summed E-state index contributed by atoms with van der Waals surface area (Å²) in [6.07, 6.45) is 0.532. The molecule has 3 N–H and O–H groups in total. The van der Waals surface area contributed by atoms with Crippen LogP contribution in [0, 0.1) is 0 Å². The number of hydrogen-bond acceptors (Lipinski definition) is 4. The molecule has 6 nitrogen and oxygen atoms in total. The van der Waals surface area contributed by atoms with Crippen molar-refractivity contribution in [1.29, 1.82) is 0 Å². The number of carboxylic acids is 1. The molecule has 1 rings (SSSR count). The lowest BCUT2D eigenvalue weighted by Crippen LogP contribution is -2.36. The molecule has 21 heavy (non-hydrogen) atoms. The van der Waals surface area contributed by atoms with Gasteiger partial charge in [0.2, 0.25) is 11.8 Å². The summed E-state index contributed by atoms with van der Waals surface area (Å²) in [5, 5.41) is 16.0. The van der Waals surface area contributed by atoms with E-state index in [1.165, 1.54) is 18.3 Å². The second kappa shape index (κ2) is 8.41. The van der Waals surface area contributed by atoms with E-state index in [0.29, 0.717) is 6.42 Å². The lowest BCUT2D eigenvalue weighted by atomic mass is 10.1. The first kappa shape index (κ1) is 17.2. The van der Waals surface area contributed by atoms with Crippen LogP contribution in [0.25, 0.3) is 0 Å². The summed E-state index contributed by atoms with van der Waals surface area (Å²) < 4.78 is 0. The van der Waals surface area contributed by atoms with Gasteiger partial charge in [0.05, 0.1) is 12.5 Å². The van der Waals surface area contributed by atoms with Crippen LogP contribution in [-0.4, -0.2) is 28.9 Å². The van der Waals surface area contributed by atoms with Crippen LogP contribution in [-0.2, 0) is 14.4 Å². The molecule has 0 saturated heterocycles. The number of nitrogens with one attached hydrogen (secondary N) is 2. The maximum absolute atomic E-state index is 12.0. The highest BCUT2D eigenvalue weighted by Crippen LogP contribution is 2.22. The molecule has 1 aromatic rings. The zero-order valence-electron chi connectivity index (χ0n) is 12.1. The number of thiophene rings is 1. The van der Waals surface area contributed by atoms with Crippen LogP contribution in [0.3, 0.4) is 0 Å². The Kier molecular flexibility index (Phi) is 6.87. The van der Waals surface area contributed by atoms with E-state index in [4.69, 9.17) is 5.11 Å². The van der Waals surface area contributed by atoms with Crippen molar-refractivity contribution in [1.82, 2.24) is 10.6 Å². The van der Waals surface area contributed by atoms with Crippen LogP contribution >= 0.6 is 11.3 Å². The topological polar surface area (TPSA) is 95.5 Å². The maximum atomic E-state index is 12.0. The molecule has 0 fully saturated rings. The molecule has 2 unspecified atom stereocenters. The zero-order valence-corrected chi connectivity index (χ0v) is 12.9. The summed E-state index contributed by atoms with van der Waals surface area (Å²) in [5.74, 6) is -1.29. The second-order valence-corrected chi connectivity index (χ2v) is 5.85. The van der Waals surface area contributed by atoms with E-state index in [2.05, 4.69) is 10.6 Å². The summed E-state index contributed by atoms with van der Waals surface area (Å²) in [7, 11) is 0. The standard InChI is InChI=1S/C14H20N2O4S/c1-9(5-6-14(19)20)15-13(18)8-11(16-10(2)17)12-4-3-7-21-12/h3-4,7,9,11H,5-6,8H2,1-2H3,(H,15,18)(H,16,17)(H,19,20). The molecule has 1 aromatic heterocycles. The average Bonchev–Trinajstić information content (AvgIpc) is 2.88. The summed E-state index contributed by atoms with van der Waals surface area (Å²) in [4.78, 5) is 34.6. The maximum Gasteiger partial charge on any atom is 0.303 e. The summed E-state index contributed by atoms with van der Waals surface area (Å²) in [6, 6.07) is 3.17. The van der Waals surface area contributed by atoms with Gasteiger partial charge in [0.1, 0.15) is 0 Å². The van der Waals surface area contributed by atoms with Gasteiger partial charge < -0.3 is 15.7 Å². The van der Waals surface area contributed by atoms with Crippen LogP contribution in [0.2, 0.25) is 0 Å². The van der Waals surface area contributed by atoms with E-state index in [-0.39, 0.29) is 36.7 Å². The second-order valence-electron chi connectivity index (χ2n) is 4.87. The smallest absolute Gasteiger partial charge is 0.303 e. The molecular weight excluding hydrogens is 292 g/mol. The number of carbonyl (C=O) groups is 3. The number of hydrogen-bond donors (Lipinski definition) is 3. The average molecular weight is 312 g/mol. The predicted octanol–water partition coefficient (Wildman–Crippen LogP) is 1.68. The lowest BCUT2D eigenvalue weighted by Gasteiger charge is -2.18. The molecule has 0 spiro atoms. The van der Waals surface area contributed by atoms with Crippen molar-refractivity contribution in [3.8, 4) is 0 Å². The van der Waals surface area contributed by atoms with Crippen molar-refractivity contribution in [2.45, 2.75) is 45.2 Å². The molecule has 0 saturated carbocycles. The van der Waals surface area contributed by atoms with Crippen molar-refractivity contribution in [2.24, 2.45) is 0 Å². The quantitative estimate of drug-likeness (QED) is 0.680.